The monoisotopic (exact) mass is 800 g/mol. The van der Waals surface area contributed by atoms with Crippen molar-refractivity contribution in [1.82, 2.24) is 0 Å². The van der Waals surface area contributed by atoms with E-state index in [1.807, 2.05) is 22.7 Å². The van der Waals surface area contributed by atoms with E-state index in [1.54, 1.807) is 0 Å². The Kier molecular flexibility index (Phi) is 8.25. The van der Waals surface area contributed by atoms with E-state index in [1.165, 1.54) is 61.9 Å². The average molecular weight is 801 g/mol. The van der Waals surface area contributed by atoms with Gasteiger partial charge in [-0.05, 0) is 83.1 Å². The number of para-hydroxylation sites is 1. The van der Waals surface area contributed by atoms with Gasteiger partial charge in [0.15, 0.2) is 0 Å². The largest absolute Gasteiger partial charge is 0.310 e. The minimum atomic E-state index is 1.10. The molecule has 0 radical (unpaired) electrons. The van der Waals surface area contributed by atoms with E-state index in [0.29, 0.717) is 0 Å². The van der Waals surface area contributed by atoms with Crippen LogP contribution in [0.1, 0.15) is 0 Å². The van der Waals surface area contributed by atoms with Crippen molar-refractivity contribution in [3.8, 4) is 11.1 Å². The maximum Gasteiger partial charge on any atom is 0.0540 e. The second-order valence-electron chi connectivity index (χ2n) is 15.3. The lowest BCUT2D eigenvalue weighted by molar-refractivity contribution is 1.29. The Balaban J connectivity index is 1.06. The van der Waals surface area contributed by atoms with E-state index in [-0.39, 0.29) is 0 Å². The van der Waals surface area contributed by atoms with Crippen molar-refractivity contribution in [3.63, 3.8) is 0 Å². The minimum Gasteiger partial charge on any atom is -0.310 e. The van der Waals surface area contributed by atoms with Crippen molar-refractivity contribution in [3.05, 3.63) is 218 Å². The molecule has 0 fully saturated rings. The van der Waals surface area contributed by atoms with Crippen LogP contribution in [0.25, 0.3) is 73.0 Å². The third-order valence-electron chi connectivity index (χ3n) is 11.8. The van der Waals surface area contributed by atoms with Gasteiger partial charge in [-0.1, -0.05) is 152 Å². The van der Waals surface area contributed by atoms with Crippen molar-refractivity contribution in [2.45, 2.75) is 0 Å². The van der Waals surface area contributed by atoms with Gasteiger partial charge >= 0.3 is 0 Å². The van der Waals surface area contributed by atoms with Crippen molar-refractivity contribution >= 4 is 119 Å². The molecule has 60 heavy (non-hydrogen) atoms. The van der Waals surface area contributed by atoms with Crippen LogP contribution in [0.5, 0.6) is 0 Å². The molecule has 0 aliphatic carbocycles. The average Bonchev–Trinajstić information content (AvgIpc) is 3.87. The summed E-state index contributed by atoms with van der Waals surface area (Å²) < 4.78 is 5.17. The van der Waals surface area contributed by atoms with Gasteiger partial charge in [-0.25, -0.2) is 0 Å². The predicted octanol–water partition coefficient (Wildman–Crippen LogP) is 17.3. The summed E-state index contributed by atoms with van der Waals surface area (Å²) in [6, 6.07) is 80.1. The second-order valence-corrected chi connectivity index (χ2v) is 17.5. The first-order valence-corrected chi connectivity index (χ1v) is 22.0. The van der Waals surface area contributed by atoms with Crippen LogP contribution in [0.15, 0.2) is 218 Å². The zero-order chi connectivity index (χ0) is 39.6. The fourth-order valence-corrected chi connectivity index (χ4v) is 11.4. The van der Waals surface area contributed by atoms with Crippen LogP contribution >= 0.6 is 22.7 Å². The minimum absolute atomic E-state index is 1.10. The van der Waals surface area contributed by atoms with E-state index in [2.05, 4.69) is 228 Å². The van der Waals surface area contributed by atoms with Gasteiger partial charge in [-0.3, -0.25) is 0 Å². The molecule has 2 aromatic heterocycles. The van der Waals surface area contributed by atoms with Gasteiger partial charge in [0.05, 0.1) is 17.1 Å². The normalized spacial score (nSPS) is 11.7. The Morgan fingerprint density at radius 1 is 0.267 bits per heavy atom. The maximum atomic E-state index is 2.46. The van der Waals surface area contributed by atoms with Gasteiger partial charge in [-0.2, -0.15) is 0 Å². The Hall–Kier alpha value is -7.24. The molecule has 0 saturated carbocycles. The van der Waals surface area contributed by atoms with E-state index in [4.69, 9.17) is 0 Å². The molecule has 0 N–H and O–H groups in total. The summed E-state index contributed by atoms with van der Waals surface area (Å²) in [6.07, 6.45) is 0. The fraction of sp³-hybridized carbons (Fsp3) is 0. The molecular formula is C56H36N2S2. The van der Waals surface area contributed by atoms with Crippen LogP contribution in [0.3, 0.4) is 0 Å². The third kappa shape index (κ3) is 5.76. The highest BCUT2D eigenvalue weighted by Crippen LogP contribution is 2.48. The van der Waals surface area contributed by atoms with Gasteiger partial charge in [0.2, 0.25) is 0 Å². The summed E-state index contributed by atoms with van der Waals surface area (Å²) >= 11 is 3.72. The zero-order valence-corrected chi connectivity index (χ0v) is 34.1. The highest BCUT2D eigenvalue weighted by atomic mass is 32.1. The standard InChI is InChI=1S/C56H36N2S2/c1-3-20-43-37(14-1)16-12-26-50(43)57(41-30-32-48-46-23-6-9-28-53(46)59-55(48)35-41)40-19-11-18-39(34-40)45-22-5-8-25-51(45)58(52-27-13-17-38-15-2-4-21-44(38)52)42-31-33-49-47-24-7-10-29-54(47)60-56(49)36-42/h1-36H. The molecule has 12 rings (SSSR count). The molecular weight excluding hydrogens is 765 g/mol. The van der Waals surface area contributed by atoms with E-state index in [0.717, 1.165) is 45.3 Å². The van der Waals surface area contributed by atoms with Crippen LogP contribution in [0.4, 0.5) is 34.1 Å². The molecule has 0 atom stereocenters. The smallest absolute Gasteiger partial charge is 0.0540 e. The zero-order valence-electron chi connectivity index (χ0n) is 32.5. The van der Waals surface area contributed by atoms with Gasteiger partial charge in [0.1, 0.15) is 0 Å². The first-order chi connectivity index (χ1) is 29.7. The van der Waals surface area contributed by atoms with E-state index in [9.17, 15) is 0 Å². The molecule has 0 aliphatic heterocycles. The number of hydrogen-bond donors (Lipinski definition) is 0. The summed E-state index contributed by atoms with van der Waals surface area (Å²) in [5, 5.41) is 10.0. The summed E-state index contributed by atoms with van der Waals surface area (Å²) in [5.41, 5.74) is 9.07. The van der Waals surface area contributed by atoms with Gasteiger partial charge < -0.3 is 9.80 Å². The molecule has 2 heterocycles. The number of benzene rings is 10. The number of fused-ring (bicyclic) bond motifs is 8. The van der Waals surface area contributed by atoms with Crippen LogP contribution in [0.2, 0.25) is 0 Å². The summed E-state index contributed by atoms with van der Waals surface area (Å²) in [6.45, 7) is 0. The summed E-state index contributed by atoms with van der Waals surface area (Å²) in [4.78, 5) is 4.90. The lowest BCUT2D eigenvalue weighted by atomic mass is 9.99. The SMILES string of the molecule is c1cc(-c2ccccc2N(c2ccc3c(c2)sc2ccccc23)c2cccc3ccccc23)cc(N(c2ccc3c(c2)sc2ccccc23)c2cccc3ccccc23)c1. The molecule has 0 aliphatic rings. The summed E-state index contributed by atoms with van der Waals surface area (Å²) in [7, 11) is 0. The third-order valence-corrected chi connectivity index (χ3v) is 14.1. The Labute approximate surface area is 356 Å². The Morgan fingerprint density at radius 3 is 1.33 bits per heavy atom. The molecule has 0 spiro atoms. The Morgan fingerprint density at radius 2 is 0.700 bits per heavy atom. The van der Waals surface area contributed by atoms with Crippen LogP contribution in [-0.4, -0.2) is 0 Å². The van der Waals surface area contributed by atoms with Gasteiger partial charge in [0, 0.05) is 73.7 Å². The maximum absolute atomic E-state index is 2.46. The molecule has 0 unspecified atom stereocenters. The van der Waals surface area contributed by atoms with Crippen LogP contribution < -0.4 is 9.80 Å². The van der Waals surface area contributed by atoms with Crippen molar-refractivity contribution in [1.29, 1.82) is 0 Å². The number of hydrogen-bond acceptors (Lipinski definition) is 4. The molecule has 282 valence electrons. The van der Waals surface area contributed by atoms with Crippen molar-refractivity contribution in [2.75, 3.05) is 9.80 Å². The lowest BCUT2D eigenvalue weighted by Gasteiger charge is -2.30. The van der Waals surface area contributed by atoms with Crippen molar-refractivity contribution in [2.24, 2.45) is 0 Å². The first-order valence-electron chi connectivity index (χ1n) is 20.3. The Bertz CT molecular complexity index is 3590. The molecule has 10 aromatic carbocycles. The molecule has 0 bridgehead atoms. The topological polar surface area (TPSA) is 6.48 Å². The van der Waals surface area contributed by atoms with E-state index < -0.39 is 0 Å². The number of thiophene rings is 2. The number of anilines is 6. The number of rotatable bonds is 7. The summed E-state index contributed by atoms with van der Waals surface area (Å²) in [5.74, 6) is 0. The van der Waals surface area contributed by atoms with Crippen LogP contribution in [0, 0.1) is 0 Å². The number of nitrogens with zero attached hydrogens (tertiary/aromatic N) is 2. The predicted molar refractivity (Wildman–Crippen MR) is 262 cm³/mol. The highest BCUT2D eigenvalue weighted by Gasteiger charge is 2.22. The van der Waals surface area contributed by atoms with Gasteiger partial charge in [0.25, 0.3) is 0 Å². The van der Waals surface area contributed by atoms with E-state index >= 15 is 0 Å². The van der Waals surface area contributed by atoms with Crippen LogP contribution in [-0.2, 0) is 0 Å². The first kappa shape index (κ1) is 34.8. The molecule has 2 nitrogen and oxygen atoms in total. The quantitative estimate of drug-likeness (QED) is 0.158. The molecule has 0 saturated heterocycles. The molecule has 4 heteroatoms. The molecule has 12 aromatic rings. The molecule has 0 amide bonds. The fourth-order valence-electron chi connectivity index (χ4n) is 9.07. The second kappa shape index (κ2) is 14.2. The van der Waals surface area contributed by atoms with Crippen molar-refractivity contribution < 1.29 is 0 Å². The highest BCUT2D eigenvalue weighted by molar-refractivity contribution is 7.26. The van der Waals surface area contributed by atoms with Gasteiger partial charge in [-0.15, -0.1) is 22.7 Å². The lowest BCUT2D eigenvalue weighted by Crippen LogP contribution is -2.12.